The Morgan fingerprint density at radius 2 is 1.67 bits per heavy atom. The average molecular weight is 514 g/mol. The highest BCUT2D eigenvalue weighted by molar-refractivity contribution is 6.51. The minimum Gasteiger partial charge on any atom is -0.337 e. The molecule has 2 aliphatic heterocycles. The Morgan fingerprint density at radius 3 is 2.46 bits per heavy atom. The van der Waals surface area contributed by atoms with Crippen LogP contribution in [0, 0.1) is 19.7 Å². The maximum Gasteiger partial charge on any atom is 0.179 e. The van der Waals surface area contributed by atoms with E-state index in [0.717, 1.165) is 39.4 Å². The molecule has 0 amide bonds. The van der Waals surface area contributed by atoms with Crippen molar-refractivity contribution in [3.05, 3.63) is 125 Å². The van der Waals surface area contributed by atoms with Crippen molar-refractivity contribution in [1.82, 2.24) is 14.8 Å². The molecule has 0 aliphatic carbocycles. The number of rotatable bonds is 3. The van der Waals surface area contributed by atoms with Crippen molar-refractivity contribution in [2.45, 2.75) is 19.9 Å². The van der Waals surface area contributed by atoms with Gasteiger partial charge >= 0.3 is 0 Å². The summed E-state index contributed by atoms with van der Waals surface area (Å²) in [6, 6.07) is 28.2. The van der Waals surface area contributed by atoms with Crippen LogP contribution in [-0.2, 0) is 0 Å². The van der Waals surface area contributed by atoms with Crippen molar-refractivity contribution in [3.8, 4) is 5.82 Å². The van der Waals surface area contributed by atoms with Crippen LogP contribution in [0.5, 0.6) is 0 Å². The highest BCUT2D eigenvalue weighted by atomic mass is 19.1. The van der Waals surface area contributed by atoms with Crippen molar-refractivity contribution >= 4 is 34.6 Å². The zero-order valence-corrected chi connectivity index (χ0v) is 21.4. The van der Waals surface area contributed by atoms with E-state index in [1.807, 2.05) is 73.7 Å². The molecule has 7 rings (SSSR count). The van der Waals surface area contributed by atoms with Crippen LogP contribution >= 0.6 is 0 Å². The van der Waals surface area contributed by atoms with Gasteiger partial charge in [-0.25, -0.2) is 19.4 Å². The van der Waals surface area contributed by atoms with Crippen molar-refractivity contribution in [2.75, 3.05) is 10.2 Å². The molecule has 39 heavy (non-hydrogen) atoms. The Hall–Kier alpha value is -5.11. The number of fused-ring (bicyclic) bond motifs is 4. The van der Waals surface area contributed by atoms with Crippen molar-refractivity contribution in [1.29, 1.82) is 0 Å². The molecule has 1 atom stereocenters. The lowest BCUT2D eigenvalue weighted by Gasteiger charge is -2.40. The quantitative estimate of drug-likeness (QED) is 0.287. The van der Waals surface area contributed by atoms with E-state index in [4.69, 9.17) is 15.1 Å². The van der Waals surface area contributed by atoms with Gasteiger partial charge < -0.3 is 10.2 Å². The molecule has 8 heteroatoms. The lowest BCUT2D eigenvalue weighted by molar-refractivity contribution is 0.626. The molecule has 0 fully saturated rings. The number of halogens is 1. The Morgan fingerprint density at radius 1 is 0.846 bits per heavy atom. The first kappa shape index (κ1) is 23.0. The number of pyridine rings is 1. The fourth-order valence-corrected chi connectivity index (χ4v) is 5.26. The van der Waals surface area contributed by atoms with Crippen LogP contribution in [-0.4, -0.2) is 26.4 Å². The normalized spacial score (nSPS) is 15.6. The van der Waals surface area contributed by atoms with Gasteiger partial charge in [-0.05, 0) is 73.5 Å². The zero-order valence-electron chi connectivity index (χ0n) is 21.4. The maximum absolute atomic E-state index is 14.1. The van der Waals surface area contributed by atoms with Crippen LogP contribution < -0.4 is 10.2 Å². The Kier molecular flexibility index (Phi) is 5.33. The second kappa shape index (κ2) is 9.02. The van der Waals surface area contributed by atoms with E-state index in [1.165, 1.54) is 12.1 Å². The van der Waals surface area contributed by atoms with Gasteiger partial charge in [0.05, 0.1) is 23.1 Å². The number of aliphatic imine (C=N–C) groups is 2. The monoisotopic (exact) mass is 513 g/mol. The summed E-state index contributed by atoms with van der Waals surface area (Å²) >= 11 is 0. The second-order valence-electron chi connectivity index (χ2n) is 9.63. The molecule has 2 aliphatic rings. The number of nitrogens with one attached hydrogen (secondary N) is 1. The van der Waals surface area contributed by atoms with Gasteiger partial charge in [0.15, 0.2) is 23.3 Å². The average Bonchev–Trinajstić information content (AvgIpc) is 3.29. The SMILES string of the molecule is Cc1cccc(NC2=Nc3ccccc3N3C2=Nc2c(c(C)nn2-c2ccccn2)C3c2ccc(F)cc2)c1. The van der Waals surface area contributed by atoms with Crippen LogP contribution in [0.15, 0.2) is 107 Å². The van der Waals surface area contributed by atoms with Crippen molar-refractivity contribution in [2.24, 2.45) is 9.98 Å². The van der Waals surface area contributed by atoms with E-state index in [9.17, 15) is 4.39 Å². The lowest BCUT2D eigenvalue weighted by Crippen LogP contribution is -2.46. The fourth-order valence-electron chi connectivity index (χ4n) is 5.26. The topological polar surface area (TPSA) is 70.7 Å². The largest absolute Gasteiger partial charge is 0.337 e. The number of hydrogen-bond acceptors (Lipinski definition) is 6. The van der Waals surface area contributed by atoms with E-state index >= 15 is 0 Å². The summed E-state index contributed by atoms with van der Waals surface area (Å²) in [6.07, 6.45) is 1.74. The molecular weight excluding hydrogens is 489 g/mol. The van der Waals surface area contributed by atoms with Crippen molar-refractivity contribution in [3.63, 3.8) is 0 Å². The van der Waals surface area contributed by atoms with Gasteiger partial charge in [-0.1, -0.05) is 42.5 Å². The van der Waals surface area contributed by atoms with Crippen LogP contribution in [0.1, 0.15) is 28.4 Å². The molecule has 0 radical (unpaired) electrons. The van der Waals surface area contributed by atoms with E-state index in [2.05, 4.69) is 34.3 Å². The van der Waals surface area contributed by atoms with Gasteiger partial charge in [-0.2, -0.15) is 9.78 Å². The molecule has 1 unspecified atom stereocenters. The van der Waals surface area contributed by atoms with Gasteiger partial charge in [0.25, 0.3) is 0 Å². The molecule has 3 aromatic carbocycles. The minimum absolute atomic E-state index is 0.285. The van der Waals surface area contributed by atoms with Gasteiger partial charge in [0, 0.05) is 17.4 Å². The zero-order chi connectivity index (χ0) is 26.5. The summed E-state index contributed by atoms with van der Waals surface area (Å²) in [5, 5.41) is 8.39. The Balaban J connectivity index is 1.50. The third kappa shape index (κ3) is 3.88. The first-order valence-corrected chi connectivity index (χ1v) is 12.7. The van der Waals surface area contributed by atoms with E-state index in [-0.39, 0.29) is 11.9 Å². The highest BCUT2D eigenvalue weighted by Gasteiger charge is 2.41. The molecule has 0 bridgehead atoms. The summed E-state index contributed by atoms with van der Waals surface area (Å²) in [4.78, 5) is 16.9. The van der Waals surface area contributed by atoms with E-state index in [0.29, 0.717) is 23.3 Å². The molecule has 4 heterocycles. The first-order chi connectivity index (χ1) is 19.1. The Labute approximate surface area is 225 Å². The van der Waals surface area contributed by atoms with Gasteiger partial charge in [0.2, 0.25) is 0 Å². The molecule has 7 nitrogen and oxygen atoms in total. The number of nitrogens with zero attached hydrogens (tertiary/aromatic N) is 6. The molecule has 0 saturated carbocycles. The number of anilines is 2. The number of hydrogen-bond donors (Lipinski definition) is 1. The second-order valence-corrected chi connectivity index (χ2v) is 9.63. The van der Waals surface area contributed by atoms with E-state index < -0.39 is 0 Å². The Bertz CT molecular complexity index is 1770. The predicted octanol–water partition coefficient (Wildman–Crippen LogP) is 6.82. The summed E-state index contributed by atoms with van der Waals surface area (Å²) in [6.45, 7) is 4.03. The number of aromatic nitrogens is 3. The number of benzene rings is 3. The smallest absolute Gasteiger partial charge is 0.179 e. The van der Waals surface area contributed by atoms with Crippen LogP contribution in [0.2, 0.25) is 0 Å². The summed E-state index contributed by atoms with van der Waals surface area (Å²) in [5.41, 5.74) is 6.45. The fraction of sp³-hybridized carbons (Fsp3) is 0.0968. The maximum atomic E-state index is 14.1. The molecule has 2 aromatic heterocycles. The predicted molar refractivity (Wildman–Crippen MR) is 152 cm³/mol. The third-order valence-electron chi connectivity index (χ3n) is 6.97. The molecule has 1 N–H and O–H groups in total. The van der Waals surface area contributed by atoms with Gasteiger partial charge in [0.1, 0.15) is 5.82 Å². The summed E-state index contributed by atoms with van der Waals surface area (Å²) in [5.74, 6) is 2.31. The first-order valence-electron chi connectivity index (χ1n) is 12.7. The molecule has 5 aromatic rings. The molecule has 190 valence electrons. The third-order valence-corrected chi connectivity index (χ3v) is 6.97. The van der Waals surface area contributed by atoms with Crippen LogP contribution in [0.3, 0.4) is 0 Å². The summed E-state index contributed by atoms with van der Waals surface area (Å²) < 4.78 is 15.8. The van der Waals surface area contributed by atoms with Gasteiger partial charge in [-0.15, -0.1) is 0 Å². The number of amidine groups is 2. The molecule has 0 saturated heterocycles. The number of aryl methyl sites for hydroxylation is 2. The van der Waals surface area contributed by atoms with Crippen LogP contribution in [0.4, 0.5) is 27.3 Å². The standard InChI is InChI=1S/C31H24FN7/c1-19-8-7-9-23(18-19)34-29-31-36-30-27(20(2)37-39(30)26-12-5-6-17-33-26)28(21-13-15-22(32)16-14-21)38(31)25-11-4-3-10-24(25)35-29/h3-18,28H,1-2H3,(H,34,35). The molecular formula is C31H24FN7. The van der Waals surface area contributed by atoms with Gasteiger partial charge in [-0.3, -0.25) is 0 Å². The summed E-state index contributed by atoms with van der Waals surface area (Å²) in [7, 11) is 0. The minimum atomic E-state index is -0.323. The lowest BCUT2D eigenvalue weighted by atomic mass is 9.93. The highest BCUT2D eigenvalue weighted by Crippen LogP contribution is 2.48. The van der Waals surface area contributed by atoms with E-state index in [1.54, 1.807) is 10.9 Å². The number of para-hydroxylation sites is 2. The molecule has 0 spiro atoms. The van der Waals surface area contributed by atoms with Crippen LogP contribution in [0.25, 0.3) is 5.82 Å². The van der Waals surface area contributed by atoms with Crippen molar-refractivity contribution < 1.29 is 4.39 Å².